The molecule has 0 bridgehead atoms. The zero-order valence-corrected chi connectivity index (χ0v) is 18.3. The lowest BCUT2D eigenvalue weighted by Gasteiger charge is -2.43. The standard InChI is InChI=1S/C20H24O10S/c1-11(21)25-10-16-17(26-12(2)22)18(27-13(3)23)19(28-14(4)24)20(29-16)30-31-15-8-6-5-7-9-15/h5-9,16-20H,10H2,1-4H3/t16-,17-,18+,19-,20+/m1/s1. The Hall–Kier alpha value is -2.63. The third kappa shape index (κ3) is 7.85. The van der Waals surface area contributed by atoms with Gasteiger partial charge in [0.1, 0.15) is 12.7 Å². The Balaban J connectivity index is 2.35. The van der Waals surface area contributed by atoms with Gasteiger partial charge in [-0.15, -0.1) is 0 Å². The molecule has 1 heterocycles. The number of esters is 4. The molecule has 31 heavy (non-hydrogen) atoms. The predicted molar refractivity (Wildman–Crippen MR) is 105 cm³/mol. The maximum absolute atomic E-state index is 11.8. The van der Waals surface area contributed by atoms with E-state index in [0.717, 1.165) is 37.7 Å². The van der Waals surface area contributed by atoms with Crippen molar-refractivity contribution in [3.8, 4) is 0 Å². The Kier molecular flexibility index (Phi) is 9.28. The van der Waals surface area contributed by atoms with Crippen molar-refractivity contribution in [2.45, 2.75) is 63.3 Å². The Bertz CT molecular complexity index is 783. The highest BCUT2D eigenvalue weighted by atomic mass is 32.2. The zero-order valence-electron chi connectivity index (χ0n) is 17.5. The molecule has 1 fully saturated rings. The van der Waals surface area contributed by atoms with Gasteiger partial charge in [0.15, 0.2) is 18.3 Å². The number of benzene rings is 1. The van der Waals surface area contributed by atoms with Crippen molar-refractivity contribution >= 4 is 35.9 Å². The highest BCUT2D eigenvalue weighted by Gasteiger charge is 2.53. The number of carbonyl (C=O) groups excluding carboxylic acids is 4. The van der Waals surface area contributed by atoms with E-state index in [0.29, 0.717) is 0 Å². The van der Waals surface area contributed by atoms with E-state index >= 15 is 0 Å². The van der Waals surface area contributed by atoms with Crippen LogP contribution in [-0.2, 0) is 47.0 Å². The van der Waals surface area contributed by atoms with E-state index in [1.54, 1.807) is 24.3 Å². The molecule has 1 saturated heterocycles. The highest BCUT2D eigenvalue weighted by molar-refractivity contribution is 7.94. The van der Waals surface area contributed by atoms with Crippen molar-refractivity contribution in [3.63, 3.8) is 0 Å². The van der Waals surface area contributed by atoms with Crippen molar-refractivity contribution in [3.05, 3.63) is 30.3 Å². The summed E-state index contributed by atoms with van der Waals surface area (Å²) in [6, 6.07) is 9.02. The first-order valence-electron chi connectivity index (χ1n) is 9.36. The van der Waals surface area contributed by atoms with Gasteiger partial charge in [-0.25, -0.2) is 0 Å². The van der Waals surface area contributed by atoms with Crippen LogP contribution >= 0.6 is 12.0 Å². The number of ether oxygens (including phenoxy) is 5. The summed E-state index contributed by atoms with van der Waals surface area (Å²) in [5.74, 6) is -2.68. The molecule has 170 valence electrons. The first-order chi connectivity index (χ1) is 14.7. The van der Waals surface area contributed by atoms with E-state index in [2.05, 4.69) is 0 Å². The Labute approximate surface area is 183 Å². The molecule has 0 spiro atoms. The third-order valence-corrected chi connectivity index (χ3v) is 4.68. The molecule has 0 N–H and O–H groups in total. The fourth-order valence-electron chi connectivity index (χ4n) is 2.85. The molecule has 1 aromatic rings. The van der Waals surface area contributed by atoms with Gasteiger partial charge in [0.2, 0.25) is 6.29 Å². The largest absolute Gasteiger partial charge is 0.463 e. The lowest BCUT2D eigenvalue weighted by molar-refractivity contribution is -0.286. The van der Waals surface area contributed by atoms with Crippen molar-refractivity contribution in [2.75, 3.05) is 6.61 Å². The molecule has 0 amide bonds. The number of rotatable bonds is 8. The minimum absolute atomic E-state index is 0.312. The van der Waals surface area contributed by atoms with Crippen LogP contribution in [0.2, 0.25) is 0 Å². The van der Waals surface area contributed by atoms with Crippen LogP contribution in [0.1, 0.15) is 27.7 Å². The second kappa shape index (κ2) is 11.7. The van der Waals surface area contributed by atoms with Crippen LogP contribution in [0.3, 0.4) is 0 Å². The summed E-state index contributed by atoms with van der Waals surface area (Å²) in [6.45, 7) is 4.36. The SMILES string of the molecule is CC(=O)OC[C@H]1O[C@@H](OSc2ccccc2)[C@H](OC(C)=O)[C@@H](OC(C)=O)[C@@H]1OC(C)=O. The summed E-state index contributed by atoms with van der Waals surface area (Å²) in [6.07, 6.45) is -6.01. The summed E-state index contributed by atoms with van der Waals surface area (Å²) in [5.41, 5.74) is 0. The van der Waals surface area contributed by atoms with Crippen LogP contribution < -0.4 is 0 Å². The molecule has 5 atom stereocenters. The van der Waals surface area contributed by atoms with E-state index in [1.807, 2.05) is 6.07 Å². The van der Waals surface area contributed by atoms with Crippen LogP contribution in [0.25, 0.3) is 0 Å². The molecule has 0 unspecified atom stereocenters. The number of hydrogen-bond donors (Lipinski definition) is 0. The highest BCUT2D eigenvalue weighted by Crippen LogP contribution is 2.33. The Morgan fingerprint density at radius 2 is 1.35 bits per heavy atom. The molecule has 0 aliphatic carbocycles. The van der Waals surface area contributed by atoms with Gasteiger partial charge in [-0.05, 0) is 12.1 Å². The van der Waals surface area contributed by atoms with E-state index < -0.39 is 54.6 Å². The average Bonchev–Trinajstić information content (AvgIpc) is 2.68. The molecular formula is C20H24O10S. The minimum Gasteiger partial charge on any atom is -0.463 e. The van der Waals surface area contributed by atoms with E-state index in [4.69, 9.17) is 27.9 Å². The van der Waals surface area contributed by atoms with Gasteiger partial charge in [0.05, 0.1) is 0 Å². The summed E-state index contributed by atoms with van der Waals surface area (Å²) >= 11 is 0.948. The second-order valence-corrected chi connectivity index (χ2v) is 7.39. The normalized spacial score (nSPS) is 25.2. The van der Waals surface area contributed by atoms with Crippen LogP contribution in [0.15, 0.2) is 35.2 Å². The van der Waals surface area contributed by atoms with Gasteiger partial charge in [-0.3, -0.25) is 23.4 Å². The maximum Gasteiger partial charge on any atom is 0.303 e. The lowest BCUT2D eigenvalue weighted by Crippen LogP contribution is -2.62. The fourth-order valence-corrected chi connectivity index (χ4v) is 3.47. The van der Waals surface area contributed by atoms with Crippen molar-refractivity contribution in [1.29, 1.82) is 0 Å². The predicted octanol–water partition coefficient (Wildman–Crippen LogP) is 1.79. The van der Waals surface area contributed by atoms with Gasteiger partial charge in [0.25, 0.3) is 0 Å². The molecule has 1 aliphatic heterocycles. The number of hydrogen-bond acceptors (Lipinski definition) is 11. The number of carbonyl (C=O) groups is 4. The molecule has 1 aromatic carbocycles. The van der Waals surface area contributed by atoms with Crippen molar-refractivity contribution in [1.82, 2.24) is 0 Å². The molecule has 11 heteroatoms. The monoisotopic (exact) mass is 456 g/mol. The molecule has 0 aromatic heterocycles. The van der Waals surface area contributed by atoms with Gasteiger partial charge in [-0.1, -0.05) is 18.2 Å². The zero-order chi connectivity index (χ0) is 23.0. The molecular weight excluding hydrogens is 432 g/mol. The molecule has 2 rings (SSSR count). The molecule has 1 aliphatic rings. The molecule has 0 radical (unpaired) electrons. The third-order valence-electron chi connectivity index (χ3n) is 3.93. The van der Waals surface area contributed by atoms with Gasteiger partial charge in [0, 0.05) is 44.6 Å². The van der Waals surface area contributed by atoms with Crippen molar-refractivity contribution < 1.29 is 47.0 Å². The van der Waals surface area contributed by atoms with Crippen LogP contribution in [0.5, 0.6) is 0 Å². The van der Waals surface area contributed by atoms with E-state index in [9.17, 15) is 19.2 Å². The smallest absolute Gasteiger partial charge is 0.303 e. The topological polar surface area (TPSA) is 124 Å². The van der Waals surface area contributed by atoms with Crippen LogP contribution in [-0.4, -0.2) is 61.2 Å². The maximum atomic E-state index is 11.8. The Morgan fingerprint density at radius 1 is 0.806 bits per heavy atom. The summed E-state index contributed by atoms with van der Waals surface area (Å²) in [4.78, 5) is 47.2. The quantitative estimate of drug-likeness (QED) is 0.323. The summed E-state index contributed by atoms with van der Waals surface area (Å²) in [5, 5.41) is 0. The van der Waals surface area contributed by atoms with E-state index in [-0.39, 0.29) is 6.61 Å². The van der Waals surface area contributed by atoms with Crippen LogP contribution in [0.4, 0.5) is 0 Å². The summed E-state index contributed by atoms with van der Waals surface area (Å²) in [7, 11) is 0. The van der Waals surface area contributed by atoms with E-state index in [1.165, 1.54) is 6.92 Å². The first kappa shape index (κ1) is 24.6. The van der Waals surface area contributed by atoms with Crippen molar-refractivity contribution in [2.24, 2.45) is 0 Å². The lowest BCUT2D eigenvalue weighted by atomic mass is 9.98. The van der Waals surface area contributed by atoms with Gasteiger partial charge in [-0.2, -0.15) is 0 Å². The average molecular weight is 456 g/mol. The summed E-state index contributed by atoms with van der Waals surface area (Å²) < 4.78 is 32.5. The van der Waals surface area contributed by atoms with Crippen LogP contribution in [0, 0.1) is 0 Å². The molecule has 10 nitrogen and oxygen atoms in total. The molecule has 0 saturated carbocycles. The Morgan fingerprint density at radius 3 is 1.90 bits per heavy atom. The van der Waals surface area contributed by atoms with Gasteiger partial charge < -0.3 is 23.7 Å². The minimum atomic E-state index is -1.26. The second-order valence-electron chi connectivity index (χ2n) is 6.56. The fraction of sp³-hybridized carbons (Fsp3) is 0.500. The van der Waals surface area contributed by atoms with Gasteiger partial charge >= 0.3 is 23.9 Å². The first-order valence-corrected chi connectivity index (χ1v) is 10.1.